The predicted molar refractivity (Wildman–Crippen MR) is 71.5 cm³/mol. The smallest absolute Gasteiger partial charge is 0.225 e. The molecular formula is C13H15NO3S. The van der Waals surface area contributed by atoms with E-state index in [0.29, 0.717) is 11.6 Å². The third kappa shape index (κ3) is 2.73. The van der Waals surface area contributed by atoms with E-state index in [4.69, 9.17) is 9.47 Å². The highest BCUT2D eigenvalue weighted by Gasteiger charge is 2.09. The Morgan fingerprint density at radius 3 is 2.78 bits per heavy atom. The van der Waals surface area contributed by atoms with Gasteiger partial charge in [0, 0.05) is 5.56 Å². The molecule has 1 aromatic carbocycles. The number of hydrogen-bond donors (Lipinski definition) is 1. The lowest BCUT2D eigenvalue weighted by atomic mass is 10.2. The van der Waals surface area contributed by atoms with Crippen LogP contribution in [-0.4, -0.2) is 23.3 Å². The maximum absolute atomic E-state index is 9.54. The van der Waals surface area contributed by atoms with Crippen LogP contribution >= 0.6 is 11.3 Å². The summed E-state index contributed by atoms with van der Waals surface area (Å²) in [6.07, 6.45) is 0.106. The Balaban J connectivity index is 2.28. The summed E-state index contributed by atoms with van der Waals surface area (Å²) in [6, 6.07) is 5.15. The fraction of sp³-hybridized carbons (Fsp3) is 0.308. The largest absolute Gasteiger partial charge is 0.504 e. The second-order valence-corrected chi connectivity index (χ2v) is 4.90. The van der Waals surface area contributed by atoms with E-state index in [0.717, 1.165) is 10.6 Å². The molecule has 0 aliphatic carbocycles. The number of aromatic nitrogens is 1. The second kappa shape index (κ2) is 5.27. The third-order valence-corrected chi connectivity index (χ3v) is 3.14. The van der Waals surface area contributed by atoms with Gasteiger partial charge in [-0.3, -0.25) is 0 Å². The minimum absolute atomic E-state index is 0.106. The normalized spacial score (nSPS) is 10.7. The molecule has 5 heteroatoms. The fourth-order valence-electron chi connectivity index (χ4n) is 1.50. The molecule has 0 amide bonds. The van der Waals surface area contributed by atoms with Crippen LogP contribution in [0.3, 0.4) is 0 Å². The highest BCUT2D eigenvalue weighted by atomic mass is 32.1. The first-order valence-corrected chi connectivity index (χ1v) is 6.47. The van der Waals surface area contributed by atoms with Crippen molar-refractivity contribution < 1.29 is 14.6 Å². The first-order chi connectivity index (χ1) is 8.60. The molecule has 0 spiro atoms. The van der Waals surface area contributed by atoms with Gasteiger partial charge in [0.15, 0.2) is 11.5 Å². The summed E-state index contributed by atoms with van der Waals surface area (Å²) in [5.74, 6) is 1.18. The molecule has 4 nitrogen and oxygen atoms in total. The Labute approximate surface area is 110 Å². The number of hydrogen-bond acceptors (Lipinski definition) is 5. The van der Waals surface area contributed by atoms with Gasteiger partial charge in [-0.15, -0.1) is 11.3 Å². The van der Waals surface area contributed by atoms with Crippen LogP contribution in [-0.2, 0) is 0 Å². The molecule has 0 aliphatic rings. The summed E-state index contributed by atoms with van der Waals surface area (Å²) < 4.78 is 10.6. The van der Waals surface area contributed by atoms with Crippen molar-refractivity contribution in [2.75, 3.05) is 7.11 Å². The molecule has 1 N–H and O–H groups in total. The van der Waals surface area contributed by atoms with Gasteiger partial charge in [0.1, 0.15) is 5.01 Å². The van der Waals surface area contributed by atoms with Crippen molar-refractivity contribution in [1.82, 2.24) is 4.98 Å². The van der Waals surface area contributed by atoms with Crippen molar-refractivity contribution in [2.24, 2.45) is 0 Å². The first-order valence-electron chi connectivity index (χ1n) is 5.59. The van der Waals surface area contributed by atoms with Gasteiger partial charge in [0.25, 0.3) is 0 Å². The lowest BCUT2D eigenvalue weighted by molar-refractivity contribution is 0.234. The SMILES string of the molecule is COc1cc(-c2nc(OC(C)C)cs2)ccc1O. The van der Waals surface area contributed by atoms with Gasteiger partial charge in [-0.05, 0) is 32.0 Å². The predicted octanol–water partition coefficient (Wildman–Crippen LogP) is 3.31. The zero-order chi connectivity index (χ0) is 13.1. The number of benzene rings is 1. The summed E-state index contributed by atoms with van der Waals surface area (Å²) in [5, 5.41) is 12.2. The molecule has 0 atom stereocenters. The van der Waals surface area contributed by atoms with Gasteiger partial charge in [0.2, 0.25) is 5.88 Å². The van der Waals surface area contributed by atoms with Crippen LogP contribution in [0.5, 0.6) is 17.4 Å². The molecule has 0 unspecified atom stereocenters. The van der Waals surface area contributed by atoms with Crippen molar-refractivity contribution in [1.29, 1.82) is 0 Å². The van der Waals surface area contributed by atoms with Crippen LogP contribution in [0, 0.1) is 0 Å². The minimum Gasteiger partial charge on any atom is -0.504 e. The van der Waals surface area contributed by atoms with E-state index in [1.807, 2.05) is 19.2 Å². The Kier molecular flexibility index (Phi) is 3.72. The molecule has 2 aromatic rings. The second-order valence-electron chi connectivity index (χ2n) is 4.04. The Morgan fingerprint density at radius 1 is 1.33 bits per heavy atom. The number of phenols is 1. The average molecular weight is 265 g/mol. The van der Waals surface area contributed by atoms with Gasteiger partial charge in [0.05, 0.1) is 18.6 Å². The van der Waals surface area contributed by atoms with E-state index in [1.165, 1.54) is 18.4 Å². The maximum Gasteiger partial charge on any atom is 0.225 e. The number of aromatic hydroxyl groups is 1. The summed E-state index contributed by atoms with van der Waals surface area (Å²) in [6.45, 7) is 3.92. The zero-order valence-electron chi connectivity index (χ0n) is 10.5. The topological polar surface area (TPSA) is 51.6 Å². The van der Waals surface area contributed by atoms with Crippen molar-refractivity contribution >= 4 is 11.3 Å². The Bertz CT molecular complexity index is 537. The molecule has 0 aliphatic heterocycles. The van der Waals surface area contributed by atoms with E-state index in [-0.39, 0.29) is 11.9 Å². The molecule has 96 valence electrons. The molecule has 18 heavy (non-hydrogen) atoms. The Hall–Kier alpha value is -1.75. The van der Waals surface area contributed by atoms with E-state index in [1.54, 1.807) is 18.2 Å². The van der Waals surface area contributed by atoms with E-state index >= 15 is 0 Å². The van der Waals surface area contributed by atoms with Crippen LogP contribution in [0.2, 0.25) is 0 Å². The molecule has 0 radical (unpaired) electrons. The van der Waals surface area contributed by atoms with E-state index in [2.05, 4.69) is 4.98 Å². The first kappa shape index (κ1) is 12.7. The van der Waals surface area contributed by atoms with Gasteiger partial charge >= 0.3 is 0 Å². The van der Waals surface area contributed by atoms with Gasteiger partial charge in [-0.25, -0.2) is 4.98 Å². The van der Waals surface area contributed by atoms with Crippen LogP contribution in [0.25, 0.3) is 10.6 Å². The number of thiazole rings is 1. The molecule has 0 fully saturated rings. The Morgan fingerprint density at radius 2 is 2.11 bits per heavy atom. The van der Waals surface area contributed by atoms with Crippen molar-refractivity contribution in [3.05, 3.63) is 23.6 Å². The van der Waals surface area contributed by atoms with Gasteiger partial charge in [-0.1, -0.05) is 0 Å². The lowest BCUT2D eigenvalue weighted by Gasteiger charge is -2.05. The summed E-state index contributed by atoms with van der Waals surface area (Å²) in [5.41, 5.74) is 0.897. The molecule has 0 saturated carbocycles. The highest BCUT2D eigenvalue weighted by molar-refractivity contribution is 7.13. The van der Waals surface area contributed by atoms with Crippen LogP contribution < -0.4 is 9.47 Å². The van der Waals surface area contributed by atoms with Gasteiger partial charge in [-0.2, -0.15) is 0 Å². The number of methoxy groups -OCH3 is 1. The minimum atomic E-state index is 0.106. The van der Waals surface area contributed by atoms with Crippen molar-refractivity contribution in [2.45, 2.75) is 20.0 Å². The quantitative estimate of drug-likeness (QED) is 0.921. The maximum atomic E-state index is 9.54. The molecule has 0 bridgehead atoms. The molecule has 1 aromatic heterocycles. The van der Waals surface area contributed by atoms with Crippen molar-refractivity contribution in [3.63, 3.8) is 0 Å². The molecule has 1 heterocycles. The summed E-state index contributed by atoms with van der Waals surface area (Å²) >= 11 is 1.50. The number of phenolic OH excluding ortho intramolecular Hbond substituents is 1. The van der Waals surface area contributed by atoms with Crippen LogP contribution in [0.1, 0.15) is 13.8 Å². The monoisotopic (exact) mass is 265 g/mol. The van der Waals surface area contributed by atoms with E-state index in [9.17, 15) is 5.11 Å². The molecule has 2 rings (SSSR count). The van der Waals surface area contributed by atoms with Gasteiger partial charge < -0.3 is 14.6 Å². The third-order valence-electron chi connectivity index (χ3n) is 2.27. The number of ether oxygens (including phenoxy) is 2. The van der Waals surface area contributed by atoms with Crippen molar-refractivity contribution in [3.8, 4) is 28.0 Å². The molecule has 0 saturated heterocycles. The fourth-order valence-corrected chi connectivity index (χ4v) is 2.22. The van der Waals surface area contributed by atoms with E-state index < -0.39 is 0 Å². The number of rotatable bonds is 4. The van der Waals surface area contributed by atoms with Crippen LogP contribution in [0.4, 0.5) is 0 Å². The number of nitrogens with zero attached hydrogens (tertiary/aromatic N) is 1. The summed E-state index contributed by atoms with van der Waals surface area (Å²) in [7, 11) is 1.52. The molecular weight excluding hydrogens is 250 g/mol. The highest BCUT2D eigenvalue weighted by Crippen LogP contribution is 2.34. The summed E-state index contributed by atoms with van der Waals surface area (Å²) in [4.78, 5) is 4.38. The zero-order valence-corrected chi connectivity index (χ0v) is 11.3. The average Bonchev–Trinajstić information content (AvgIpc) is 2.77. The van der Waals surface area contributed by atoms with Crippen LogP contribution in [0.15, 0.2) is 23.6 Å². The lowest BCUT2D eigenvalue weighted by Crippen LogP contribution is -2.05. The standard InChI is InChI=1S/C13H15NO3S/c1-8(2)17-12-7-18-13(14-12)9-4-5-10(15)11(6-9)16-3/h4-8,15H,1-3H3.